The predicted molar refractivity (Wildman–Crippen MR) is 256 cm³/mol. The van der Waals surface area contributed by atoms with E-state index in [0.29, 0.717) is 39.3 Å². The minimum Gasteiger partial charge on any atom is -0.491 e. The van der Waals surface area contributed by atoms with E-state index in [1.165, 1.54) is 7.11 Å². The molecule has 6 atom stereocenters. The number of aromatic amines is 1. The van der Waals surface area contributed by atoms with E-state index in [-0.39, 0.29) is 38.7 Å². The van der Waals surface area contributed by atoms with E-state index in [1.807, 2.05) is 89.8 Å². The molecule has 0 unspecified atom stereocenters. The number of esters is 1. The summed E-state index contributed by atoms with van der Waals surface area (Å²) in [5.74, 6) is 3.93. The number of fused-ring (bicyclic) bond motifs is 4. The Morgan fingerprint density at radius 2 is 1.61 bits per heavy atom. The molecule has 0 saturated carbocycles. The van der Waals surface area contributed by atoms with Crippen LogP contribution in [0.1, 0.15) is 77.5 Å². The minimum atomic E-state index is -2.02. The van der Waals surface area contributed by atoms with Crippen molar-refractivity contribution < 1.29 is 43.2 Å². The Morgan fingerprint density at radius 3 is 2.33 bits per heavy atom. The summed E-state index contributed by atoms with van der Waals surface area (Å²) < 4.78 is 23.4. The van der Waals surface area contributed by atoms with Crippen LogP contribution >= 0.6 is 0 Å². The van der Waals surface area contributed by atoms with Gasteiger partial charge in [-0.2, -0.15) is 0 Å². The van der Waals surface area contributed by atoms with Crippen molar-refractivity contribution in [2.45, 2.75) is 61.9 Å². The third-order valence-corrected chi connectivity index (χ3v) is 13.5. The summed E-state index contributed by atoms with van der Waals surface area (Å²) in [6, 6.07) is 35.4. The molecule has 4 aliphatic rings. The summed E-state index contributed by atoms with van der Waals surface area (Å²) in [5.41, 5.74) is 3.52. The van der Waals surface area contributed by atoms with Gasteiger partial charge in [0.05, 0.1) is 54.5 Å². The molecule has 1 spiro atoms. The number of hydrogen-bond acceptors (Lipinski definition) is 11. The molecule has 69 heavy (non-hydrogen) atoms. The lowest BCUT2D eigenvalue weighted by molar-refractivity contribution is -0.178. The average molecular weight is 926 g/mol. The molecule has 3 N–H and O–H groups in total. The number of amides is 3. The lowest BCUT2D eigenvalue weighted by Gasteiger charge is -2.46. The summed E-state index contributed by atoms with van der Waals surface area (Å²) in [6.07, 6.45) is 4.16. The van der Waals surface area contributed by atoms with E-state index in [2.05, 4.69) is 28.2 Å². The number of cyclic esters (lactones) is 1. The lowest BCUT2D eigenvalue weighted by Crippen LogP contribution is -2.55. The number of carbonyl (C=O) groups excluding carboxylic acids is 4. The molecule has 350 valence electrons. The monoisotopic (exact) mass is 925 g/mol. The summed E-state index contributed by atoms with van der Waals surface area (Å²) in [7, 11) is 1.48. The highest BCUT2D eigenvalue weighted by Gasteiger charge is 2.75. The molecule has 1 aliphatic carbocycles. The molecule has 5 aromatic carbocycles. The van der Waals surface area contributed by atoms with Crippen LogP contribution in [0.4, 0.5) is 10.5 Å². The number of para-hydroxylation sites is 2. The zero-order valence-electron chi connectivity index (χ0n) is 38.0. The van der Waals surface area contributed by atoms with Crippen molar-refractivity contribution in [2.24, 2.45) is 5.92 Å². The van der Waals surface area contributed by atoms with Crippen LogP contribution in [0, 0.1) is 17.8 Å². The van der Waals surface area contributed by atoms with Crippen LogP contribution in [-0.4, -0.2) is 83.4 Å². The highest BCUT2D eigenvalue weighted by molar-refractivity contribution is 6.23. The van der Waals surface area contributed by atoms with Gasteiger partial charge in [0.15, 0.2) is 0 Å². The molecular formula is C55H51N5O9. The van der Waals surface area contributed by atoms with Crippen molar-refractivity contribution in [3.05, 3.63) is 173 Å². The number of morpholine rings is 1. The van der Waals surface area contributed by atoms with E-state index in [4.69, 9.17) is 23.9 Å². The van der Waals surface area contributed by atoms with Gasteiger partial charge in [0.2, 0.25) is 11.8 Å². The lowest BCUT2D eigenvalue weighted by atomic mass is 9.65. The number of hydrogen-bond donors (Lipinski definition) is 3. The molecule has 14 heteroatoms. The Bertz CT molecular complexity index is 2950. The number of imidazole rings is 1. The molecule has 0 radical (unpaired) electrons. The molecule has 3 amide bonds. The molecule has 2 saturated heterocycles. The molecule has 10 rings (SSSR count). The van der Waals surface area contributed by atoms with Crippen molar-refractivity contribution >= 4 is 40.6 Å². The van der Waals surface area contributed by atoms with Gasteiger partial charge in [-0.15, -0.1) is 0 Å². The van der Waals surface area contributed by atoms with Gasteiger partial charge < -0.3 is 34.4 Å². The number of aliphatic hydroxyl groups excluding tert-OH is 1. The smallest absolute Gasteiger partial charge is 0.421 e. The number of H-pyrrole nitrogens is 1. The summed E-state index contributed by atoms with van der Waals surface area (Å²) in [4.78, 5) is 73.2. The molecule has 6 aromatic rings. The number of nitrogens with zero attached hydrogens (tertiary/aromatic N) is 3. The number of carbonyl (C=O) groups is 4. The van der Waals surface area contributed by atoms with Gasteiger partial charge in [-0.05, 0) is 96.0 Å². The molecule has 1 aromatic heterocycles. The topological polar surface area (TPSA) is 173 Å². The Morgan fingerprint density at radius 1 is 0.855 bits per heavy atom. The molecule has 0 bridgehead atoms. The number of methoxy groups -OCH3 is 1. The van der Waals surface area contributed by atoms with Crippen molar-refractivity contribution in [1.82, 2.24) is 20.2 Å². The van der Waals surface area contributed by atoms with Crippen molar-refractivity contribution in [1.29, 1.82) is 0 Å². The first-order chi connectivity index (χ1) is 33.8. The second-order valence-corrected chi connectivity index (χ2v) is 17.5. The first-order valence-corrected chi connectivity index (χ1v) is 23.3. The maximum absolute atomic E-state index is 16.4. The first kappa shape index (κ1) is 45.2. The highest BCUT2D eigenvalue weighted by atomic mass is 16.6. The fourth-order valence-electron chi connectivity index (χ4n) is 10.6. The second-order valence-electron chi connectivity index (χ2n) is 17.5. The number of aromatic nitrogens is 2. The zero-order valence-corrected chi connectivity index (χ0v) is 38.0. The Hall–Kier alpha value is -7.57. The number of benzene rings is 5. The third kappa shape index (κ3) is 8.32. The SMILES string of the molecule is COCCOC(=O)N1C(=O)[C@@]2(c3cc(C#CC4=CCCCC4)ccc31)[C@H](c1ccc(OCCO)cc1)N1[C@H](c3ccccc3)[C@H](c3ccccc3)OC(=O)[C@H]1[C@@H]2C(=O)NCc1nc2ccccc2[nH]1. The minimum absolute atomic E-state index is 0.0434. The van der Waals surface area contributed by atoms with Gasteiger partial charge in [0.1, 0.15) is 42.3 Å². The summed E-state index contributed by atoms with van der Waals surface area (Å²) in [6.45, 7) is -0.335. The third-order valence-electron chi connectivity index (χ3n) is 13.5. The standard InChI is InChI=1S/C55H51N5O9/c1-66-31-32-68-54(65)59-44-28-23-36(22-21-35-13-5-2-6-14-35)33-41(44)55(53(59)64)46(51(62)56-34-45-57-42-19-11-12-20-43(42)58-45)48-52(63)69-49(38-17-9-4-10-18-38)47(37-15-7-3-8-16-37)60(48)50(55)39-24-26-40(27-25-39)67-30-29-61/h3-4,7-13,15-20,23-28,33,46-50,61H,2,5-6,14,29-32,34H2,1H3,(H,56,62)(H,57,58)/t46-,47-,48-,49+,50+,55-/m1/s1. The molecular weight excluding hydrogens is 875 g/mol. The number of anilines is 1. The normalized spacial score (nSPS) is 22.8. The molecule has 4 heterocycles. The maximum Gasteiger partial charge on any atom is 0.421 e. The fraction of sp³-hybridized carbons (Fsp3) is 0.291. The number of ether oxygens (including phenoxy) is 4. The number of imide groups is 1. The van der Waals surface area contributed by atoms with E-state index in [9.17, 15) is 9.90 Å². The average Bonchev–Trinajstić information content (AvgIpc) is 4.03. The number of aliphatic hydroxyl groups is 1. The molecule has 3 aliphatic heterocycles. The number of allylic oxidation sites excluding steroid dienone is 2. The summed E-state index contributed by atoms with van der Waals surface area (Å²) >= 11 is 0. The highest BCUT2D eigenvalue weighted by Crippen LogP contribution is 2.66. The van der Waals surface area contributed by atoms with Crippen LogP contribution in [0.2, 0.25) is 0 Å². The van der Waals surface area contributed by atoms with Crippen LogP contribution in [0.25, 0.3) is 11.0 Å². The van der Waals surface area contributed by atoms with Crippen LogP contribution in [-0.2, 0) is 40.6 Å². The van der Waals surface area contributed by atoms with Crippen LogP contribution in [0.5, 0.6) is 5.75 Å². The van der Waals surface area contributed by atoms with E-state index in [0.717, 1.165) is 47.2 Å². The molecule has 2 fully saturated rings. The zero-order chi connectivity index (χ0) is 47.5. The largest absolute Gasteiger partial charge is 0.491 e. The Labute approximate surface area is 399 Å². The van der Waals surface area contributed by atoms with Gasteiger partial charge in [-0.3, -0.25) is 19.3 Å². The summed E-state index contributed by atoms with van der Waals surface area (Å²) in [5, 5.41) is 12.7. The van der Waals surface area contributed by atoms with Gasteiger partial charge in [-0.1, -0.05) is 103 Å². The second kappa shape index (κ2) is 19.6. The van der Waals surface area contributed by atoms with Gasteiger partial charge >= 0.3 is 12.1 Å². The van der Waals surface area contributed by atoms with Crippen molar-refractivity contribution in [2.75, 3.05) is 38.4 Å². The predicted octanol–water partition coefficient (Wildman–Crippen LogP) is 7.55. The number of nitrogens with one attached hydrogen (secondary N) is 2. The first-order valence-electron chi connectivity index (χ1n) is 23.3. The van der Waals surface area contributed by atoms with Crippen LogP contribution < -0.4 is 15.0 Å². The number of rotatable bonds is 12. The van der Waals surface area contributed by atoms with Gasteiger partial charge in [-0.25, -0.2) is 14.7 Å². The van der Waals surface area contributed by atoms with E-state index in [1.54, 1.807) is 42.5 Å². The van der Waals surface area contributed by atoms with Gasteiger partial charge in [0, 0.05) is 12.7 Å². The quantitative estimate of drug-likeness (QED) is 0.0629. The van der Waals surface area contributed by atoms with Gasteiger partial charge in [0.25, 0.3) is 0 Å². The maximum atomic E-state index is 16.4. The fourth-order valence-corrected chi connectivity index (χ4v) is 10.6. The van der Waals surface area contributed by atoms with Crippen molar-refractivity contribution in [3.8, 4) is 17.6 Å². The van der Waals surface area contributed by atoms with E-state index < -0.39 is 59.4 Å². The molecule has 14 nitrogen and oxygen atoms in total. The van der Waals surface area contributed by atoms with Crippen LogP contribution in [0.3, 0.4) is 0 Å². The Balaban J connectivity index is 1.24. The van der Waals surface area contributed by atoms with Crippen LogP contribution in [0.15, 0.2) is 139 Å². The van der Waals surface area contributed by atoms with E-state index >= 15 is 14.4 Å². The van der Waals surface area contributed by atoms with Crippen molar-refractivity contribution in [3.63, 3.8) is 0 Å². The Kier molecular flexibility index (Phi) is 12.8.